The fraction of sp³-hybridized carbons (Fsp3) is 0.400. The predicted octanol–water partition coefficient (Wildman–Crippen LogP) is 4.10. The van der Waals surface area contributed by atoms with Crippen LogP contribution in [0.3, 0.4) is 0 Å². The molecule has 1 aliphatic rings. The van der Waals surface area contributed by atoms with Crippen LogP contribution in [0.15, 0.2) is 36.5 Å². The number of H-pyrrole nitrogens is 1. The molecule has 1 N–H and O–H groups in total. The first kappa shape index (κ1) is 16.7. The summed E-state index contributed by atoms with van der Waals surface area (Å²) in [5.74, 6) is 0.607. The van der Waals surface area contributed by atoms with Crippen LogP contribution in [-0.2, 0) is 4.74 Å². The Morgan fingerprint density at radius 3 is 2.85 bits per heavy atom. The van der Waals surface area contributed by atoms with Crippen LogP contribution in [0.5, 0.6) is 5.88 Å². The van der Waals surface area contributed by atoms with Gasteiger partial charge in [0.05, 0.1) is 23.0 Å². The van der Waals surface area contributed by atoms with Gasteiger partial charge in [0.25, 0.3) is 0 Å². The highest BCUT2D eigenvalue weighted by molar-refractivity contribution is 6.05. The molecule has 1 fully saturated rings. The second kappa shape index (κ2) is 6.20. The van der Waals surface area contributed by atoms with Gasteiger partial charge in [-0.2, -0.15) is 0 Å². The van der Waals surface area contributed by atoms with E-state index < -0.39 is 5.60 Å². The van der Waals surface area contributed by atoms with Crippen molar-refractivity contribution in [1.82, 2.24) is 14.9 Å². The second-order valence-electron chi connectivity index (χ2n) is 7.66. The SMILES string of the molecule is CC(C)(C)OC(=O)N1CCC(Oc2nc3ccccc3c3[nH]ccc23)C1. The lowest BCUT2D eigenvalue weighted by molar-refractivity contribution is 0.0275. The minimum absolute atomic E-state index is 0.0886. The third-order valence-corrected chi connectivity index (χ3v) is 4.45. The lowest BCUT2D eigenvalue weighted by Gasteiger charge is -2.24. The molecule has 0 aliphatic carbocycles. The summed E-state index contributed by atoms with van der Waals surface area (Å²) >= 11 is 0. The number of rotatable bonds is 2. The van der Waals surface area contributed by atoms with Gasteiger partial charge in [0.15, 0.2) is 0 Å². The fourth-order valence-electron chi connectivity index (χ4n) is 3.29. The molecule has 1 aromatic carbocycles. The van der Waals surface area contributed by atoms with Gasteiger partial charge in [-0.25, -0.2) is 9.78 Å². The lowest BCUT2D eigenvalue weighted by Crippen LogP contribution is -2.36. The van der Waals surface area contributed by atoms with E-state index in [4.69, 9.17) is 14.5 Å². The smallest absolute Gasteiger partial charge is 0.410 e. The molecule has 136 valence electrons. The molecule has 0 saturated carbocycles. The maximum absolute atomic E-state index is 12.2. The number of para-hydroxylation sites is 1. The van der Waals surface area contributed by atoms with E-state index in [0.717, 1.165) is 28.2 Å². The highest BCUT2D eigenvalue weighted by Crippen LogP contribution is 2.31. The first-order valence-electron chi connectivity index (χ1n) is 8.91. The number of nitrogens with zero attached hydrogens (tertiary/aromatic N) is 2. The predicted molar refractivity (Wildman–Crippen MR) is 100 cm³/mol. The number of benzene rings is 1. The summed E-state index contributed by atoms with van der Waals surface area (Å²) in [4.78, 5) is 21.9. The maximum atomic E-state index is 12.2. The van der Waals surface area contributed by atoms with Crippen molar-refractivity contribution in [3.63, 3.8) is 0 Å². The number of likely N-dealkylation sites (tertiary alicyclic amines) is 1. The van der Waals surface area contributed by atoms with Crippen LogP contribution in [0.2, 0.25) is 0 Å². The van der Waals surface area contributed by atoms with Gasteiger partial charge in [0.1, 0.15) is 11.7 Å². The van der Waals surface area contributed by atoms with Crippen molar-refractivity contribution in [2.45, 2.75) is 38.9 Å². The van der Waals surface area contributed by atoms with Crippen LogP contribution in [0, 0.1) is 0 Å². The monoisotopic (exact) mass is 353 g/mol. The van der Waals surface area contributed by atoms with E-state index in [1.165, 1.54) is 0 Å². The minimum atomic E-state index is -0.493. The number of pyridine rings is 1. The Hall–Kier alpha value is -2.76. The molecular weight excluding hydrogens is 330 g/mol. The Labute approximate surface area is 152 Å². The standard InChI is InChI=1S/C20H23N3O3/c1-20(2,3)26-19(24)23-11-9-13(12-23)25-18-15-8-10-21-17(15)14-6-4-5-7-16(14)22-18/h4-8,10,13,21H,9,11-12H2,1-3H3. The summed E-state index contributed by atoms with van der Waals surface area (Å²) in [6, 6.07) is 9.97. The van der Waals surface area contributed by atoms with E-state index in [0.29, 0.717) is 19.0 Å². The van der Waals surface area contributed by atoms with Crippen LogP contribution in [0.25, 0.3) is 21.8 Å². The average Bonchev–Trinajstić information content (AvgIpc) is 3.23. The van der Waals surface area contributed by atoms with Gasteiger partial charge in [-0.15, -0.1) is 0 Å². The molecule has 3 heterocycles. The summed E-state index contributed by atoms with van der Waals surface area (Å²) < 4.78 is 11.6. The Balaban J connectivity index is 1.54. The summed E-state index contributed by atoms with van der Waals surface area (Å²) in [6.45, 7) is 6.75. The quantitative estimate of drug-likeness (QED) is 0.753. The van der Waals surface area contributed by atoms with Crippen LogP contribution >= 0.6 is 0 Å². The average molecular weight is 353 g/mol. The molecule has 0 bridgehead atoms. The van der Waals surface area contributed by atoms with E-state index >= 15 is 0 Å². The summed E-state index contributed by atoms with van der Waals surface area (Å²) in [6.07, 6.45) is 2.28. The van der Waals surface area contributed by atoms with Crippen molar-refractivity contribution in [1.29, 1.82) is 0 Å². The third kappa shape index (κ3) is 3.19. The molecule has 6 nitrogen and oxygen atoms in total. The summed E-state index contributed by atoms with van der Waals surface area (Å²) in [5, 5.41) is 2.03. The van der Waals surface area contributed by atoms with Crippen LogP contribution < -0.4 is 4.74 Å². The fourth-order valence-corrected chi connectivity index (χ4v) is 3.29. The first-order chi connectivity index (χ1) is 12.4. The van der Waals surface area contributed by atoms with Crippen molar-refractivity contribution in [3.8, 4) is 5.88 Å². The summed E-state index contributed by atoms with van der Waals surface area (Å²) in [5.41, 5.74) is 1.42. The first-order valence-corrected chi connectivity index (χ1v) is 8.91. The van der Waals surface area contributed by atoms with Gasteiger partial charge in [-0.05, 0) is 32.9 Å². The summed E-state index contributed by atoms with van der Waals surface area (Å²) in [7, 11) is 0. The zero-order valence-electron chi connectivity index (χ0n) is 15.3. The molecule has 1 unspecified atom stereocenters. The number of carbonyl (C=O) groups is 1. The lowest BCUT2D eigenvalue weighted by atomic mass is 10.1. The molecule has 6 heteroatoms. The molecule has 0 spiro atoms. The van der Waals surface area contributed by atoms with Crippen molar-refractivity contribution >= 4 is 27.9 Å². The normalized spacial score (nSPS) is 17.8. The molecule has 4 rings (SSSR count). The number of amides is 1. The van der Waals surface area contributed by atoms with E-state index in [1.54, 1.807) is 4.90 Å². The van der Waals surface area contributed by atoms with E-state index in [9.17, 15) is 4.79 Å². The molecule has 1 saturated heterocycles. The number of aromatic amines is 1. The number of fused-ring (bicyclic) bond motifs is 3. The topological polar surface area (TPSA) is 67.4 Å². The van der Waals surface area contributed by atoms with Gasteiger partial charge in [0.2, 0.25) is 5.88 Å². The number of aromatic nitrogens is 2. The van der Waals surface area contributed by atoms with E-state index in [2.05, 4.69) is 4.98 Å². The van der Waals surface area contributed by atoms with Gasteiger partial charge < -0.3 is 19.4 Å². The number of ether oxygens (including phenoxy) is 2. The molecular formula is C20H23N3O3. The minimum Gasteiger partial charge on any atom is -0.472 e. The molecule has 1 aliphatic heterocycles. The second-order valence-corrected chi connectivity index (χ2v) is 7.66. The van der Waals surface area contributed by atoms with Gasteiger partial charge >= 0.3 is 6.09 Å². The van der Waals surface area contributed by atoms with Gasteiger partial charge in [-0.1, -0.05) is 18.2 Å². The molecule has 3 aromatic rings. The molecule has 26 heavy (non-hydrogen) atoms. The van der Waals surface area contributed by atoms with Crippen molar-refractivity contribution in [2.24, 2.45) is 0 Å². The molecule has 0 radical (unpaired) electrons. The molecule has 1 atom stereocenters. The van der Waals surface area contributed by atoms with Crippen LogP contribution in [-0.4, -0.2) is 45.8 Å². The Morgan fingerprint density at radius 2 is 2.04 bits per heavy atom. The van der Waals surface area contributed by atoms with Crippen LogP contribution in [0.1, 0.15) is 27.2 Å². The van der Waals surface area contributed by atoms with Crippen molar-refractivity contribution in [2.75, 3.05) is 13.1 Å². The maximum Gasteiger partial charge on any atom is 0.410 e. The largest absolute Gasteiger partial charge is 0.472 e. The number of hydrogen-bond donors (Lipinski definition) is 1. The number of nitrogens with one attached hydrogen (secondary N) is 1. The van der Waals surface area contributed by atoms with Crippen LogP contribution in [0.4, 0.5) is 4.79 Å². The Kier molecular flexibility index (Phi) is 3.98. The van der Waals surface area contributed by atoms with Crippen molar-refractivity contribution in [3.05, 3.63) is 36.5 Å². The third-order valence-electron chi connectivity index (χ3n) is 4.45. The number of carbonyl (C=O) groups excluding carboxylic acids is 1. The highest BCUT2D eigenvalue weighted by Gasteiger charge is 2.31. The van der Waals surface area contributed by atoms with Gasteiger partial charge in [0, 0.05) is 24.5 Å². The molecule has 1 amide bonds. The molecule has 2 aromatic heterocycles. The van der Waals surface area contributed by atoms with Gasteiger partial charge in [-0.3, -0.25) is 0 Å². The zero-order valence-corrected chi connectivity index (χ0v) is 15.3. The Morgan fingerprint density at radius 1 is 1.23 bits per heavy atom. The Bertz CT molecular complexity index is 958. The van der Waals surface area contributed by atoms with E-state index in [1.807, 2.05) is 57.3 Å². The van der Waals surface area contributed by atoms with Crippen molar-refractivity contribution < 1.29 is 14.3 Å². The van der Waals surface area contributed by atoms with E-state index in [-0.39, 0.29) is 12.2 Å². The number of hydrogen-bond acceptors (Lipinski definition) is 4. The zero-order chi connectivity index (χ0) is 18.3. The highest BCUT2D eigenvalue weighted by atomic mass is 16.6.